The summed E-state index contributed by atoms with van der Waals surface area (Å²) in [4.78, 5) is 28.9. The lowest BCUT2D eigenvalue weighted by molar-refractivity contribution is -0.146. The predicted octanol–water partition coefficient (Wildman–Crippen LogP) is 1.83. The van der Waals surface area contributed by atoms with Gasteiger partial charge in [-0.3, -0.25) is 14.6 Å². The molecule has 5 nitrogen and oxygen atoms in total. The van der Waals surface area contributed by atoms with Gasteiger partial charge in [0, 0.05) is 26.5 Å². The van der Waals surface area contributed by atoms with Gasteiger partial charge in [-0.15, -0.1) is 0 Å². The summed E-state index contributed by atoms with van der Waals surface area (Å²) < 4.78 is 37.7. The fraction of sp³-hybridized carbons (Fsp3) is 0.417. The Morgan fingerprint density at radius 3 is 2.43 bits per heavy atom. The number of nitrogens with zero attached hydrogens (tertiary/aromatic N) is 3. The monoisotopic (exact) mass is 323 g/mol. The van der Waals surface area contributed by atoms with Crippen molar-refractivity contribution in [2.24, 2.45) is 0 Å². The van der Waals surface area contributed by atoms with E-state index in [0.717, 1.165) is 11.1 Å². The van der Waals surface area contributed by atoms with Gasteiger partial charge in [-0.1, -0.05) is 11.6 Å². The van der Waals surface area contributed by atoms with Gasteiger partial charge < -0.3 is 9.80 Å². The first kappa shape index (κ1) is 17.2. The molecule has 0 spiro atoms. The number of pyridine rings is 1. The van der Waals surface area contributed by atoms with Crippen LogP contribution in [0.25, 0.3) is 0 Å². The summed E-state index contributed by atoms with van der Waals surface area (Å²) in [7, 11) is 2.77. The third-order valence-electron chi connectivity index (χ3n) is 2.49. The number of likely N-dealkylation sites (N-methyl/N-ethyl adjacent to an activating group) is 1. The fourth-order valence-corrected chi connectivity index (χ4v) is 1.64. The van der Waals surface area contributed by atoms with Gasteiger partial charge >= 0.3 is 6.18 Å². The SMILES string of the molecule is CN(C)C(=O)CN(CC(F)(F)F)C(=O)c1ccncc1Cl. The summed E-state index contributed by atoms with van der Waals surface area (Å²) in [5.41, 5.74) is -0.137. The first-order valence-electron chi connectivity index (χ1n) is 5.77. The lowest BCUT2D eigenvalue weighted by Gasteiger charge is -2.25. The van der Waals surface area contributed by atoms with Crippen LogP contribution < -0.4 is 0 Å². The fourth-order valence-electron chi connectivity index (χ4n) is 1.44. The zero-order valence-corrected chi connectivity index (χ0v) is 12.1. The number of hydrogen-bond acceptors (Lipinski definition) is 3. The van der Waals surface area contributed by atoms with E-state index in [0.29, 0.717) is 4.90 Å². The Morgan fingerprint density at radius 2 is 1.95 bits per heavy atom. The van der Waals surface area contributed by atoms with E-state index in [9.17, 15) is 22.8 Å². The van der Waals surface area contributed by atoms with E-state index in [1.165, 1.54) is 26.4 Å². The summed E-state index contributed by atoms with van der Waals surface area (Å²) in [5, 5.41) is -0.0769. The molecular weight excluding hydrogens is 311 g/mol. The summed E-state index contributed by atoms with van der Waals surface area (Å²) in [6.07, 6.45) is -2.24. The number of alkyl halides is 3. The van der Waals surface area contributed by atoms with Gasteiger partial charge in [0.2, 0.25) is 5.91 Å². The Balaban J connectivity index is 3.03. The van der Waals surface area contributed by atoms with Crippen molar-refractivity contribution in [1.82, 2.24) is 14.8 Å². The molecule has 1 aromatic heterocycles. The van der Waals surface area contributed by atoms with Crippen LogP contribution in [-0.4, -0.2) is 60.0 Å². The number of halogens is 4. The van der Waals surface area contributed by atoms with Crippen molar-refractivity contribution < 1.29 is 22.8 Å². The van der Waals surface area contributed by atoms with Crippen molar-refractivity contribution in [2.45, 2.75) is 6.18 Å². The molecule has 116 valence electrons. The molecule has 21 heavy (non-hydrogen) atoms. The molecule has 0 saturated heterocycles. The maximum Gasteiger partial charge on any atom is 0.406 e. The van der Waals surface area contributed by atoms with Crippen LogP contribution in [0.3, 0.4) is 0 Å². The minimum Gasteiger partial charge on any atom is -0.347 e. The van der Waals surface area contributed by atoms with Gasteiger partial charge in [-0.2, -0.15) is 13.2 Å². The van der Waals surface area contributed by atoms with Crippen LogP contribution in [0.15, 0.2) is 18.5 Å². The molecule has 0 aliphatic heterocycles. The molecule has 1 rings (SSSR count). The average molecular weight is 324 g/mol. The molecule has 0 unspecified atom stereocenters. The van der Waals surface area contributed by atoms with Crippen LogP contribution in [0.4, 0.5) is 13.2 Å². The van der Waals surface area contributed by atoms with Crippen LogP contribution >= 0.6 is 11.6 Å². The van der Waals surface area contributed by atoms with Gasteiger partial charge in [0.15, 0.2) is 0 Å². The molecule has 0 saturated carbocycles. The highest BCUT2D eigenvalue weighted by Gasteiger charge is 2.35. The van der Waals surface area contributed by atoms with Crippen molar-refractivity contribution in [1.29, 1.82) is 0 Å². The van der Waals surface area contributed by atoms with Gasteiger partial charge in [-0.05, 0) is 6.07 Å². The van der Waals surface area contributed by atoms with E-state index >= 15 is 0 Å². The van der Waals surface area contributed by atoms with Crippen LogP contribution in [0.1, 0.15) is 10.4 Å². The molecule has 1 heterocycles. The van der Waals surface area contributed by atoms with Gasteiger partial charge in [0.1, 0.15) is 13.1 Å². The second kappa shape index (κ2) is 6.75. The van der Waals surface area contributed by atoms with E-state index < -0.39 is 31.1 Å². The zero-order valence-electron chi connectivity index (χ0n) is 11.3. The minimum atomic E-state index is -4.62. The van der Waals surface area contributed by atoms with Gasteiger partial charge in [0.05, 0.1) is 10.6 Å². The molecular formula is C12H13ClF3N3O2. The summed E-state index contributed by atoms with van der Waals surface area (Å²) in [6.45, 7) is -2.23. The second-order valence-corrected chi connectivity index (χ2v) is 4.83. The standard InChI is InChI=1S/C12H13ClF3N3O2/c1-18(2)10(20)6-19(7-12(14,15)16)11(21)8-3-4-17-5-9(8)13/h3-5H,6-7H2,1-2H3. The van der Waals surface area contributed by atoms with Crippen LogP contribution in [-0.2, 0) is 4.79 Å². The Hall–Kier alpha value is -1.83. The molecule has 9 heteroatoms. The van der Waals surface area contributed by atoms with Crippen LogP contribution in [0, 0.1) is 0 Å². The van der Waals surface area contributed by atoms with Crippen LogP contribution in [0.2, 0.25) is 5.02 Å². The van der Waals surface area contributed by atoms with E-state index in [2.05, 4.69) is 4.98 Å². The van der Waals surface area contributed by atoms with Crippen molar-refractivity contribution in [3.05, 3.63) is 29.0 Å². The van der Waals surface area contributed by atoms with E-state index in [1.807, 2.05) is 0 Å². The largest absolute Gasteiger partial charge is 0.406 e. The highest BCUT2D eigenvalue weighted by atomic mass is 35.5. The van der Waals surface area contributed by atoms with Crippen molar-refractivity contribution >= 4 is 23.4 Å². The maximum absolute atomic E-state index is 12.6. The molecule has 0 aromatic carbocycles. The van der Waals surface area contributed by atoms with Crippen molar-refractivity contribution in [3.8, 4) is 0 Å². The van der Waals surface area contributed by atoms with Gasteiger partial charge in [-0.25, -0.2) is 0 Å². The van der Waals surface area contributed by atoms with E-state index in [-0.39, 0.29) is 10.6 Å². The molecule has 0 N–H and O–H groups in total. The zero-order chi connectivity index (χ0) is 16.2. The molecule has 0 bridgehead atoms. The number of amides is 2. The molecule has 0 radical (unpaired) electrons. The number of aromatic nitrogens is 1. The normalized spacial score (nSPS) is 11.1. The second-order valence-electron chi connectivity index (χ2n) is 4.42. The molecule has 1 aromatic rings. The highest BCUT2D eigenvalue weighted by molar-refractivity contribution is 6.33. The lowest BCUT2D eigenvalue weighted by Crippen LogP contribution is -2.44. The quantitative estimate of drug-likeness (QED) is 0.849. The number of carbonyl (C=O) groups excluding carboxylic acids is 2. The smallest absolute Gasteiger partial charge is 0.347 e. The number of carbonyl (C=O) groups is 2. The van der Waals surface area contributed by atoms with E-state index in [4.69, 9.17) is 11.6 Å². The topological polar surface area (TPSA) is 53.5 Å². The predicted molar refractivity (Wildman–Crippen MR) is 69.9 cm³/mol. The first-order chi connectivity index (χ1) is 9.61. The Morgan fingerprint density at radius 1 is 1.33 bits per heavy atom. The first-order valence-corrected chi connectivity index (χ1v) is 6.15. The Kier molecular flexibility index (Phi) is 5.54. The van der Waals surface area contributed by atoms with E-state index in [1.54, 1.807) is 0 Å². The molecule has 0 atom stereocenters. The minimum absolute atomic E-state index is 0.0769. The highest BCUT2D eigenvalue weighted by Crippen LogP contribution is 2.21. The summed E-state index contributed by atoms with van der Waals surface area (Å²) >= 11 is 5.75. The third kappa shape index (κ3) is 5.22. The van der Waals surface area contributed by atoms with Crippen molar-refractivity contribution in [3.63, 3.8) is 0 Å². The lowest BCUT2D eigenvalue weighted by atomic mass is 10.2. The van der Waals surface area contributed by atoms with Crippen molar-refractivity contribution in [2.75, 3.05) is 27.2 Å². The average Bonchev–Trinajstić information content (AvgIpc) is 2.36. The Bertz CT molecular complexity index is 535. The third-order valence-corrected chi connectivity index (χ3v) is 2.79. The maximum atomic E-state index is 12.6. The molecule has 2 amide bonds. The number of rotatable bonds is 4. The number of hydrogen-bond donors (Lipinski definition) is 0. The van der Waals surface area contributed by atoms with Gasteiger partial charge in [0.25, 0.3) is 5.91 Å². The summed E-state index contributed by atoms with van der Waals surface area (Å²) in [5.74, 6) is -1.60. The van der Waals surface area contributed by atoms with Crippen LogP contribution in [0.5, 0.6) is 0 Å². The Labute approximate surface area is 124 Å². The molecule has 0 aliphatic carbocycles. The molecule has 0 aliphatic rings. The summed E-state index contributed by atoms with van der Waals surface area (Å²) in [6, 6.07) is 1.20. The molecule has 0 fully saturated rings.